The Morgan fingerprint density at radius 2 is 1.89 bits per heavy atom. The molecule has 2 amide bonds. The normalized spacial score (nSPS) is 13.3. The number of aryl methyl sites for hydroxylation is 1. The number of aromatic nitrogens is 5. The van der Waals surface area contributed by atoms with Crippen molar-refractivity contribution in [3.63, 3.8) is 0 Å². The summed E-state index contributed by atoms with van der Waals surface area (Å²) in [6.45, 7) is 3.09. The number of alkyl halides is 5. The molecule has 46 heavy (non-hydrogen) atoms. The average Bonchev–Trinajstić information content (AvgIpc) is 3.65. The maximum absolute atomic E-state index is 13.7. The van der Waals surface area contributed by atoms with Crippen molar-refractivity contribution < 1.29 is 41.4 Å². The van der Waals surface area contributed by atoms with Crippen LogP contribution in [0.4, 0.5) is 33.5 Å². The van der Waals surface area contributed by atoms with Gasteiger partial charge in [0, 0.05) is 56.0 Å². The number of carboxylic acid groups (broad SMARTS) is 1. The molecule has 4 N–H and O–H groups in total. The number of anilines is 2. The average molecular weight is 652 g/mol. The minimum Gasteiger partial charge on any atom is -0.483 e. The van der Waals surface area contributed by atoms with Crippen molar-refractivity contribution in [3.8, 4) is 11.3 Å². The van der Waals surface area contributed by atoms with Gasteiger partial charge in [-0.15, -0.1) is 0 Å². The number of rotatable bonds is 9. The lowest BCUT2D eigenvalue weighted by atomic mass is 10.0. The van der Waals surface area contributed by atoms with E-state index in [4.69, 9.17) is 9.90 Å². The molecule has 18 heteroatoms. The van der Waals surface area contributed by atoms with Crippen LogP contribution in [-0.2, 0) is 28.7 Å². The van der Waals surface area contributed by atoms with Gasteiger partial charge in [-0.2, -0.15) is 18.3 Å². The molecular formula is C28H30F5N9O4. The van der Waals surface area contributed by atoms with Crippen molar-refractivity contribution in [2.75, 3.05) is 38.0 Å². The van der Waals surface area contributed by atoms with Crippen LogP contribution in [0.5, 0.6) is 0 Å². The lowest BCUT2D eigenvalue weighted by molar-refractivity contribution is -0.141. The fourth-order valence-corrected chi connectivity index (χ4v) is 4.86. The summed E-state index contributed by atoms with van der Waals surface area (Å²) >= 11 is 0. The van der Waals surface area contributed by atoms with Crippen LogP contribution in [0.15, 0.2) is 43.0 Å². The van der Waals surface area contributed by atoms with Gasteiger partial charge < -0.3 is 26.0 Å². The van der Waals surface area contributed by atoms with Crippen LogP contribution < -0.4 is 16.0 Å². The van der Waals surface area contributed by atoms with Crippen molar-refractivity contribution in [2.24, 2.45) is 0 Å². The number of hydrogen-bond donors (Lipinski definition) is 4. The highest BCUT2D eigenvalue weighted by Gasteiger charge is 2.38. The van der Waals surface area contributed by atoms with Gasteiger partial charge in [-0.05, 0) is 30.2 Å². The molecule has 246 valence electrons. The van der Waals surface area contributed by atoms with Crippen molar-refractivity contribution in [3.05, 3.63) is 59.8 Å². The van der Waals surface area contributed by atoms with Crippen LogP contribution >= 0.6 is 0 Å². The zero-order chi connectivity index (χ0) is 33.4. The Hall–Kier alpha value is -5.13. The van der Waals surface area contributed by atoms with Gasteiger partial charge in [0.25, 0.3) is 18.8 Å². The highest BCUT2D eigenvalue weighted by molar-refractivity contribution is 5.98. The van der Waals surface area contributed by atoms with Crippen LogP contribution in [-0.4, -0.2) is 91.6 Å². The Morgan fingerprint density at radius 1 is 1.17 bits per heavy atom. The highest BCUT2D eigenvalue weighted by Crippen LogP contribution is 2.37. The fraction of sp³-hybridized carbons (Fsp3) is 0.357. The zero-order valence-electron chi connectivity index (χ0n) is 24.4. The topological polar surface area (TPSA) is 159 Å². The number of hydrogen-bond acceptors (Lipinski definition) is 8. The smallest absolute Gasteiger partial charge is 0.435 e. The van der Waals surface area contributed by atoms with Gasteiger partial charge in [-0.3, -0.25) is 23.5 Å². The molecule has 0 radical (unpaired) electrons. The van der Waals surface area contributed by atoms with Crippen LogP contribution in [0.1, 0.15) is 28.5 Å². The number of nitrogens with zero attached hydrogens (tertiary/aromatic N) is 6. The second-order valence-electron chi connectivity index (χ2n) is 9.88. The van der Waals surface area contributed by atoms with Gasteiger partial charge in [0.2, 0.25) is 5.91 Å². The second kappa shape index (κ2) is 14.8. The van der Waals surface area contributed by atoms with Crippen molar-refractivity contribution in [1.82, 2.24) is 39.7 Å². The summed E-state index contributed by atoms with van der Waals surface area (Å²) in [5.74, 6) is -0.339. The number of fused-ring (bicyclic) bond motifs is 1. The molecule has 1 aliphatic rings. The third-order valence-corrected chi connectivity index (χ3v) is 6.92. The van der Waals surface area contributed by atoms with Crippen LogP contribution in [0, 0.1) is 0 Å². The van der Waals surface area contributed by atoms with E-state index in [1.54, 1.807) is 23.1 Å². The monoisotopic (exact) mass is 651 g/mol. The number of imidazole rings is 1. The quantitative estimate of drug-likeness (QED) is 0.158. The molecule has 1 fully saturated rings. The zero-order valence-corrected chi connectivity index (χ0v) is 24.4. The molecule has 0 unspecified atom stereocenters. The van der Waals surface area contributed by atoms with Crippen molar-refractivity contribution in [1.29, 1.82) is 0 Å². The molecule has 0 atom stereocenters. The molecule has 1 aromatic carbocycles. The van der Waals surface area contributed by atoms with E-state index in [0.717, 1.165) is 6.20 Å². The molecule has 0 saturated carbocycles. The molecule has 13 nitrogen and oxygen atoms in total. The Kier molecular flexibility index (Phi) is 10.8. The lowest BCUT2D eigenvalue weighted by Crippen LogP contribution is -2.49. The summed E-state index contributed by atoms with van der Waals surface area (Å²) in [7, 11) is 0. The predicted molar refractivity (Wildman–Crippen MR) is 155 cm³/mol. The van der Waals surface area contributed by atoms with Crippen LogP contribution in [0.2, 0.25) is 0 Å². The summed E-state index contributed by atoms with van der Waals surface area (Å²) in [5.41, 5.74) is 0.0825. The summed E-state index contributed by atoms with van der Waals surface area (Å²) in [6, 6.07) is 4.98. The fourth-order valence-electron chi connectivity index (χ4n) is 4.86. The summed E-state index contributed by atoms with van der Waals surface area (Å²) in [4.78, 5) is 43.9. The first kappa shape index (κ1) is 33.8. The van der Waals surface area contributed by atoms with Crippen LogP contribution in [0.25, 0.3) is 16.9 Å². The maximum Gasteiger partial charge on any atom is 0.435 e. The molecule has 4 aromatic rings. The molecule has 4 heterocycles. The molecule has 0 aliphatic carbocycles. The number of carbonyl (C=O) groups excluding carboxylic acids is 2. The van der Waals surface area contributed by atoms with Gasteiger partial charge in [0.1, 0.15) is 6.54 Å². The minimum absolute atomic E-state index is 0.00933. The van der Waals surface area contributed by atoms with Crippen LogP contribution in [0.3, 0.4) is 0 Å². The van der Waals surface area contributed by atoms with E-state index in [9.17, 15) is 31.5 Å². The molecule has 3 aromatic heterocycles. The second-order valence-corrected chi connectivity index (χ2v) is 9.88. The molecular weight excluding hydrogens is 621 g/mol. The molecule has 0 bridgehead atoms. The predicted octanol–water partition coefficient (Wildman–Crippen LogP) is 3.05. The molecule has 1 saturated heterocycles. The standard InChI is InChI=1S/C27H28F5N9O2.CH2O2/c1-2-16-11-17(3-4-18(16)26(43)36-13-22(42)39-8-5-33-6-9-39)37-24-25-35-12-20(41(25)10-7-34-24)19-14-40(15-21(28)29)38-23(19)27(30,31)32;2-1-3/h3-4,7,10-12,14,21,33H,2,5-6,8-9,13,15H2,1H3,(H,34,37)(H,36,43);1H,(H,2,3). The Balaban J connectivity index is 0.00000154. The number of carbonyl (C=O) groups is 3. The Bertz CT molecular complexity index is 1680. The molecule has 5 rings (SSSR count). The highest BCUT2D eigenvalue weighted by atomic mass is 19.4. The van der Waals surface area contributed by atoms with Crippen molar-refractivity contribution >= 4 is 35.4 Å². The first-order valence-electron chi connectivity index (χ1n) is 14.0. The van der Waals surface area contributed by atoms with Gasteiger partial charge in [0.15, 0.2) is 17.2 Å². The van der Waals surface area contributed by atoms with E-state index in [1.165, 1.54) is 23.0 Å². The number of nitrogens with one attached hydrogen (secondary N) is 3. The summed E-state index contributed by atoms with van der Waals surface area (Å²) in [6.07, 6.45) is -2.41. The van der Waals surface area contributed by atoms with E-state index < -0.39 is 36.3 Å². The largest absolute Gasteiger partial charge is 0.483 e. The Morgan fingerprint density at radius 3 is 2.54 bits per heavy atom. The lowest BCUT2D eigenvalue weighted by Gasteiger charge is -2.27. The number of piperazine rings is 1. The minimum atomic E-state index is -4.89. The van der Waals surface area contributed by atoms with Gasteiger partial charge >= 0.3 is 6.18 Å². The molecule has 1 aliphatic heterocycles. The first-order valence-corrected chi connectivity index (χ1v) is 14.0. The SMILES string of the molecule is CCc1cc(Nc2nccn3c(-c4cn(CC(F)F)nc4C(F)(F)F)cnc23)ccc1C(=O)NCC(=O)N1CCNCC1.O=CO. The number of amides is 2. The van der Waals surface area contributed by atoms with E-state index in [1.807, 2.05) is 6.92 Å². The number of benzene rings is 1. The third-order valence-electron chi connectivity index (χ3n) is 6.92. The van der Waals surface area contributed by atoms with E-state index in [2.05, 4.69) is 31.0 Å². The Labute approximate surface area is 258 Å². The van der Waals surface area contributed by atoms with E-state index in [0.29, 0.717) is 54.1 Å². The summed E-state index contributed by atoms with van der Waals surface area (Å²) < 4.78 is 68.8. The van der Waals surface area contributed by atoms with E-state index >= 15 is 0 Å². The van der Waals surface area contributed by atoms with Gasteiger partial charge in [-0.25, -0.2) is 18.7 Å². The van der Waals surface area contributed by atoms with E-state index in [-0.39, 0.29) is 36.1 Å². The summed E-state index contributed by atoms with van der Waals surface area (Å²) in [5, 5.41) is 19.2. The molecule has 0 spiro atoms. The third kappa shape index (κ3) is 7.92. The maximum atomic E-state index is 13.7. The van der Waals surface area contributed by atoms with Gasteiger partial charge in [-0.1, -0.05) is 6.92 Å². The van der Waals surface area contributed by atoms with Gasteiger partial charge in [0.05, 0.1) is 24.0 Å². The first-order chi connectivity index (χ1) is 22.0. The van der Waals surface area contributed by atoms with Crippen molar-refractivity contribution in [2.45, 2.75) is 32.5 Å². The number of halogens is 5.